The molecule has 2 saturated carbocycles. The highest BCUT2D eigenvalue weighted by Crippen LogP contribution is 2.56. The van der Waals surface area contributed by atoms with Gasteiger partial charge in [0.05, 0.1) is 20.1 Å². The van der Waals surface area contributed by atoms with Crippen molar-refractivity contribution >= 4 is 5.97 Å². The second-order valence-corrected chi connectivity index (χ2v) is 9.39. The van der Waals surface area contributed by atoms with E-state index in [1.165, 1.54) is 23.3 Å². The van der Waals surface area contributed by atoms with Crippen molar-refractivity contribution in [2.24, 2.45) is 23.2 Å². The zero-order valence-corrected chi connectivity index (χ0v) is 16.7. The number of aromatic nitrogens is 1. The molecule has 27 heavy (non-hydrogen) atoms. The van der Waals surface area contributed by atoms with E-state index in [-0.39, 0.29) is 23.4 Å². The smallest absolute Gasteiger partial charge is 0.315 e. The Morgan fingerprint density at radius 3 is 3.04 bits per heavy atom. The molecule has 1 N–H and O–H groups in total. The Hall–Kier alpha value is -1.68. The lowest BCUT2D eigenvalue weighted by molar-refractivity contribution is -0.882. The molecule has 0 aromatic carbocycles. The van der Waals surface area contributed by atoms with Crippen LogP contribution in [0.2, 0.25) is 0 Å². The summed E-state index contributed by atoms with van der Waals surface area (Å²) in [6.07, 6.45) is 8.67. The molecule has 6 atom stereocenters. The minimum Gasteiger partial charge on any atom is -0.462 e. The van der Waals surface area contributed by atoms with E-state index in [9.17, 15) is 4.79 Å². The number of rotatable bonds is 5. The maximum Gasteiger partial charge on any atom is 0.315 e. The quantitative estimate of drug-likeness (QED) is 0.640. The summed E-state index contributed by atoms with van der Waals surface area (Å²) in [6, 6.07) is 6.06. The van der Waals surface area contributed by atoms with E-state index in [1.54, 1.807) is 0 Å². The zero-order valence-electron chi connectivity index (χ0n) is 16.7. The monoisotopic (exact) mass is 369 g/mol. The number of hydrogen-bond donors (Lipinski definition) is 1. The molecule has 0 amide bonds. The molecule has 3 aliphatic rings. The molecule has 4 heteroatoms. The average molecular weight is 370 g/mol. The Balaban J connectivity index is 1.40. The van der Waals surface area contributed by atoms with Gasteiger partial charge in [0.15, 0.2) is 0 Å². The third kappa shape index (κ3) is 3.69. The van der Waals surface area contributed by atoms with Gasteiger partial charge in [0, 0.05) is 24.2 Å². The van der Waals surface area contributed by atoms with Gasteiger partial charge < -0.3 is 9.64 Å². The highest BCUT2D eigenvalue weighted by Gasteiger charge is 2.55. The number of quaternary nitrogens is 1. The number of allylic oxidation sites excluding steroid dienone is 1. The number of ether oxygens (including phenoxy) is 1. The number of nitrogens with one attached hydrogen (secondary N) is 1. The number of carbonyl (C=O) groups is 1. The lowest BCUT2D eigenvalue weighted by atomic mass is 9.55. The summed E-state index contributed by atoms with van der Waals surface area (Å²) in [5.74, 6) is 1.02. The molecule has 0 spiro atoms. The van der Waals surface area contributed by atoms with Gasteiger partial charge in [-0.3, -0.25) is 9.78 Å². The van der Waals surface area contributed by atoms with Gasteiger partial charge in [0.25, 0.3) is 0 Å². The summed E-state index contributed by atoms with van der Waals surface area (Å²) in [5.41, 5.74) is 2.82. The molecule has 2 heterocycles. The van der Waals surface area contributed by atoms with Crippen LogP contribution in [0.15, 0.2) is 36.5 Å². The van der Waals surface area contributed by atoms with Crippen LogP contribution in [0, 0.1) is 23.2 Å². The standard InChI is InChI=1S/C23H32N2O2/c1-16-7-6-10-23(2)14-21-18(13-20(16)23)19(22(26)27-21)15-25(3)12-9-17-8-4-5-11-24-17/h4-5,8,11,18-21H,1,6-7,9-10,12-15H2,2-3H3/p+1/t18-,19-,20-,21-,23-/m1/s1. The summed E-state index contributed by atoms with van der Waals surface area (Å²) >= 11 is 0. The van der Waals surface area contributed by atoms with Gasteiger partial charge >= 0.3 is 5.97 Å². The zero-order chi connectivity index (χ0) is 19.0. The normalized spacial score (nSPS) is 36.7. The Kier molecular flexibility index (Phi) is 5.11. The van der Waals surface area contributed by atoms with Gasteiger partial charge in [-0.1, -0.05) is 25.1 Å². The molecule has 3 fully saturated rings. The highest BCUT2D eigenvalue weighted by molar-refractivity contribution is 5.75. The van der Waals surface area contributed by atoms with Crippen molar-refractivity contribution < 1.29 is 14.4 Å². The van der Waals surface area contributed by atoms with E-state index in [0.29, 0.717) is 11.8 Å². The fourth-order valence-corrected chi connectivity index (χ4v) is 5.85. The van der Waals surface area contributed by atoms with Crippen molar-refractivity contribution in [3.8, 4) is 0 Å². The van der Waals surface area contributed by atoms with Crippen LogP contribution in [0.4, 0.5) is 0 Å². The molecule has 1 saturated heterocycles. The minimum atomic E-state index is 0.0371. The van der Waals surface area contributed by atoms with Crippen LogP contribution < -0.4 is 4.90 Å². The lowest BCUT2D eigenvalue weighted by Gasteiger charge is -2.50. The summed E-state index contributed by atoms with van der Waals surface area (Å²) in [6.45, 7) is 8.64. The fourth-order valence-electron chi connectivity index (χ4n) is 5.85. The maximum atomic E-state index is 12.7. The van der Waals surface area contributed by atoms with Gasteiger partial charge in [0.2, 0.25) is 0 Å². The largest absolute Gasteiger partial charge is 0.462 e. The van der Waals surface area contributed by atoms with E-state index in [0.717, 1.165) is 44.5 Å². The fraction of sp³-hybridized carbons (Fsp3) is 0.652. The first-order chi connectivity index (χ1) is 13.0. The third-order valence-corrected chi connectivity index (χ3v) is 7.42. The Morgan fingerprint density at radius 2 is 2.26 bits per heavy atom. The number of fused-ring (bicyclic) bond motifs is 2. The molecule has 0 bridgehead atoms. The number of carbonyl (C=O) groups excluding carboxylic acids is 1. The first-order valence-electron chi connectivity index (χ1n) is 10.6. The average Bonchev–Trinajstić information content (AvgIpc) is 2.93. The molecule has 146 valence electrons. The summed E-state index contributed by atoms with van der Waals surface area (Å²) in [5, 5.41) is 0. The van der Waals surface area contributed by atoms with Crippen molar-refractivity contribution in [1.29, 1.82) is 0 Å². The maximum absolute atomic E-state index is 12.7. The predicted octanol–water partition coefficient (Wildman–Crippen LogP) is 2.45. The Bertz CT molecular complexity index is 704. The SMILES string of the molecule is C=C1CCC[C@]2(C)C[C@H]3OC(=O)[C@H](C[NH+](C)CCc4ccccn4)[C@H]3C[C@H]12. The number of hydrogen-bond acceptors (Lipinski definition) is 3. The van der Waals surface area contributed by atoms with E-state index in [4.69, 9.17) is 4.74 Å². The molecule has 4 rings (SSSR count). The van der Waals surface area contributed by atoms with Crippen LogP contribution in [-0.2, 0) is 16.0 Å². The van der Waals surface area contributed by atoms with Crippen molar-refractivity contribution in [2.45, 2.75) is 51.6 Å². The van der Waals surface area contributed by atoms with Crippen LogP contribution in [0.3, 0.4) is 0 Å². The molecule has 1 aromatic heterocycles. The summed E-state index contributed by atoms with van der Waals surface area (Å²) in [4.78, 5) is 18.5. The van der Waals surface area contributed by atoms with E-state index < -0.39 is 0 Å². The summed E-state index contributed by atoms with van der Waals surface area (Å²) in [7, 11) is 2.19. The molecule has 2 aliphatic carbocycles. The van der Waals surface area contributed by atoms with Crippen molar-refractivity contribution in [1.82, 2.24) is 4.98 Å². The molecular formula is C23H33N2O2+. The first kappa shape index (κ1) is 18.7. The molecular weight excluding hydrogens is 336 g/mol. The Labute approximate surface area is 163 Å². The topological polar surface area (TPSA) is 43.6 Å². The molecule has 4 nitrogen and oxygen atoms in total. The van der Waals surface area contributed by atoms with Gasteiger partial charge in [-0.15, -0.1) is 0 Å². The third-order valence-electron chi connectivity index (χ3n) is 7.42. The lowest BCUT2D eigenvalue weighted by Crippen LogP contribution is -3.10. The molecule has 1 unspecified atom stereocenters. The highest BCUT2D eigenvalue weighted by atomic mass is 16.6. The minimum absolute atomic E-state index is 0.0371. The van der Waals surface area contributed by atoms with Crippen molar-refractivity contribution in [3.63, 3.8) is 0 Å². The van der Waals surface area contributed by atoms with Gasteiger partial charge in [-0.05, 0) is 55.6 Å². The second-order valence-electron chi connectivity index (χ2n) is 9.39. The number of esters is 1. The number of nitrogens with zero attached hydrogens (tertiary/aromatic N) is 1. The summed E-state index contributed by atoms with van der Waals surface area (Å²) < 4.78 is 5.90. The van der Waals surface area contributed by atoms with Crippen LogP contribution in [0.5, 0.6) is 0 Å². The van der Waals surface area contributed by atoms with Crippen LogP contribution in [-0.4, -0.2) is 37.2 Å². The van der Waals surface area contributed by atoms with Gasteiger partial charge in [-0.25, -0.2) is 0 Å². The number of pyridine rings is 1. The van der Waals surface area contributed by atoms with E-state index in [1.807, 2.05) is 18.3 Å². The first-order valence-corrected chi connectivity index (χ1v) is 10.6. The van der Waals surface area contributed by atoms with Crippen LogP contribution >= 0.6 is 0 Å². The van der Waals surface area contributed by atoms with Crippen LogP contribution in [0.25, 0.3) is 0 Å². The van der Waals surface area contributed by atoms with Gasteiger partial charge in [0.1, 0.15) is 12.0 Å². The van der Waals surface area contributed by atoms with Crippen molar-refractivity contribution in [2.75, 3.05) is 20.1 Å². The van der Waals surface area contributed by atoms with Crippen LogP contribution in [0.1, 0.15) is 44.7 Å². The predicted molar refractivity (Wildman–Crippen MR) is 105 cm³/mol. The molecule has 1 aromatic rings. The second kappa shape index (κ2) is 7.38. The number of likely N-dealkylation sites (N-methyl/N-ethyl adjacent to an activating group) is 1. The van der Waals surface area contributed by atoms with Gasteiger partial charge in [-0.2, -0.15) is 0 Å². The Morgan fingerprint density at radius 1 is 1.41 bits per heavy atom. The molecule has 0 radical (unpaired) electrons. The van der Waals surface area contributed by atoms with E-state index in [2.05, 4.69) is 31.6 Å². The molecule has 1 aliphatic heterocycles. The van der Waals surface area contributed by atoms with Crippen molar-refractivity contribution in [3.05, 3.63) is 42.2 Å². The van der Waals surface area contributed by atoms with E-state index >= 15 is 0 Å².